The fraction of sp³-hybridized carbons (Fsp3) is 0.417. The molecule has 6 nitrogen and oxygen atoms in total. The monoisotopic (exact) mass is 253 g/mol. The van der Waals surface area contributed by atoms with Gasteiger partial charge in [-0.15, -0.1) is 0 Å². The molecule has 1 aromatic rings. The highest BCUT2D eigenvalue weighted by atomic mass is 16.6. The molecule has 1 aromatic carbocycles. The average Bonchev–Trinajstić information content (AvgIpc) is 2.29. The third-order valence-corrected chi connectivity index (χ3v) is 2.99. The van der Waals surface area contributed by atoms with E-state index >= 15 is 0 Å². The van der Waals surface area contributed by atoms with E-state index in [1.165, 1.54) is 32.0 Å². The molecule has 6 heteroatoms. The lowest BCUT2D eigenvalue weighted by Crippen LogP contribution is -2.38. The van der Waals surface area contributed by atoms with E-state index in [4.69, 9.17) is 5.11 Å². The smallest absolute Gasteiger partial charge is 0.311 e. The Labute approximate surface area is 104 Å². The lowest BCUT2D eigenvalue weighted by molar-refractivity contribution is -0.385. The number of rotatable bonds is 5. The van der Waals surface area contributed by atoms with Gasteiger partial charge in [-0.2, -0.15) is 0 Å². The average molecular weight is 253 g/mol. The molecule has 0 radical (unpaired) electrons. The van der Waals surface area contributed by atoms with E-state index < -0.39 is 22.4 Å². The third kappa shape index (κ3) is 2.84. The molecule has 0 amide bonds. The fourth-order valence-corrected chi connectivity index (χ4v) is 1.47. The molecule has 0 aliphatic carbocycles. The van der Waals surface area contributed by atoms with Gasteiger partial charge in [-0.1, -0.05) is 18.2 Å². The Bertz CT molecular complexity index is 469. The summed E-state index contributed by atoms with van der Waals surface area (Å²) >= 11 is 0. The predicted molar refractivity (Wildman–Crippen MR) is 64.2 cm³/mol. The minimum absolute atomic E-state index is 0.0730. The molecular formula is C12H15NO5. The minimum Gasteiger partial charge on any atom is -0.481 e. The number of carboxylic acids is 1. The highest BCUT2D eigenvalue weighted by molar-refractivity contribution is 5.74. The number of carbonyl (C=O) groups is 1. The van der Waals surface area contributed by atoms with Gasteiger partial charge in [-0.25, -0.2) is 0 Å². The van der Waals surface area contributed by atoms with Crippen molar-refractivity contribution in [3.05, 3.63) is 39.9 Å². The SMILES string of the molecule is CC(C)(C(=O)O)C(O)Cc1ccccc1[N+](=O)[O-]. The highest BCUT2D eigenvalue weighted by Gasteiger charge is 2.36. The molecule has 0 saturated carbocycles. The van der Waals surface area contributed by atoms with E-state index in [1.807, 2.05) is 0 Å². The molecule has 0 aromatic heterocycles. The number of benzene rings is 1. The van der Waals surface area contributed by atoms with Crippen LogP contribution in [0, 0.1) is 15.5 Å². The summed E-state index contributed by atoms with van der Waals surface area (Å²) < 4.78 is 0. The van der Waals surface area contributed by atoms with Crippen LogP contribution >= 0.6 is 0 Å². The van der Waals surface area contributed by atoms with Crippen LogP contribution in [0.3, 0.4) is 0 Å². The maximum atomic E-state index is 11.0. The van der Waals surface area contributed by atoms with Gasteiger partial charge in [0.25, 0.3) is 5.69 Å². The van der Waals surface area contributed by atoms with Crippen LogP contribution in [-0.4, -0.2) is 27.2 Å². The molecular weight excluding hydrogens is 238 g/mol. The first-order valence-electron chi connectivity index (χ1n) is 5.40. The first kappa shape index (κ1) is 14.1. The molecule has 1 atom stereocenters. The van der Waals surface area contributed by atoms with Crippen molar-refractivity contribution in [1.82, 2.24) is 0 Å². The summed E-state index contributed by atoms with van der Waals surface area (Å²) in [5, 5.41) is 29.7. The standard InChI is InChI=1S/C12H15NO5/c1-12(2,11(15)16)10(14)7-8-5-3-4-6-9(8)13(17)18/h3-6,10,14H,7H2,1-2H3,(H,15,16). The van der Waals surface area contributed by atoms with Gasteiger partial charge < -0.3 is 10.2 Å². The van der Waals surface area contributed by atoms with Crippen LogP contribution in [-0.2, 0) is 11.2 Å². The largest absolute Gasteiger partial charge is 0.481 e. The zero-order chi connectivity index (χ0) is 13.9. The van der Waals surface area contributed by atoms with Gasteiger partial charge in [0.15, 0.2) is 0 Å². The Morgan fingerprint density at radius 2 is 2.00 bits per heavy atom. The molecule has 0 aliphatic heterocycles. The Kier molecular flexibility index (Phi) is 4.03. The second-order valence-electron chi connectivity index (χ2n) is 4.63. The van der Waals surface area contributed by atoms with Gasteiger partial charge in [0.1, 0.15) is 0 Å². The van der Waals surface area contributed by atoms with E-state index in [-0.39, 0.29) is 12.1 Å². The number of nitro groups is 1. The van der Waals surface area contributed by atoms with Crippen molar-refractivity contribution in [3.63, 3.8) is 0 Å². The molecule has 98 valence electrons. The molecule has 0 heterocycles. The summed E-state index contributed by atoms with van der Waals surface area (Å²) in [6, 6.07) is 5.98. The first-order chi connectivity index (χ1) is 8.26. The maximum absolute atomic E-state index is 11.0. The number of aliphatic hydroxyl groups is 1. The van der Waals surface area contributed by atoms with E-state index in [0.717, 1.165) is 0 Å². The zero-order valence-corrected chi connectivity index (χ0v) is 10.2. The minimum atomic E-state index is -1.36. The summed E-state index contributed by atoms with van der Waals surface area (Å²) in [6.07, 6.45) is -1.27. The van der Waals surface area contributed by atoms with Crippen LogP contribution < -0.4 is 0 Å². The van der Waals surface area contributed by atoms with E-state index in [2.05, 4.69) is 0 Å². The summed E-state index contributed by atoms with van der Waals surface area (Å²) in [6.45, 7) is 2.77. The van der Waals surface area contributed by atoms with Crippen molar-refractivity contribution in [1.29, 1.82) is 0 Å². The van der Waals surface area contributed by atoms with Crippen LogP contribution in [0.4, 0.5) is 5.69 Å². The normalized spacial score (nSPS) is 13.1. The topological polar surface area (TPSA) is 101 Å². The summed E-state index contributed by atoms with van der Waals surface area (Å²) in [5.41, 5.74) is -1.15. The number of aliphatic carboxylic acids is 1. The maximum Gasteiger partial charge on any atom is 0.311 e. The van der Waals surface area contributed by atoms with Crippen molar-refractivity contribution in [2.24, 2.45) is 5.41 Å². The van der Waals surface area contributed by atoms with Crippen LogP contribution in [0.15, 0.2) is 24.3 Å². The van der Waals surface area contributed by atoms with Gasteiger partial charge in [0.2, 0.25) is 0 Å². The first-order valence-corrected chi connectivity index (χ1v) is 5.40. The lowest BCUT2D eigenvalue weighted by atomic mass is 9.83. The Morgan fingerprint density at radius 3 is 2.50 bits per heavy atom. The molecule has 18 heavy (non-hydrogen) atoms. The predicted octanol–water partition coefficient (Wildman–Crippen LogP) is 1.61. The molecule has 0 fully saturated rings. The van der Waals surface area contributed by atoms with Crippen LogP contribution in [0.2, 0.25) is 0 Å². The number of hydrogen-bond acceptors (Lipinski definition) is 4. The van der Waals surface area contributed by atoms with Crippen LogP contribution in [0.1, 0.15) is 19.4 Å². The number of hydrogen-bond donors (Lipinski definition) is 2. The summed E-state index contributed by atoms with van der Waals surface area (Å²) in [5.74, 6) is -1.14. The molecule has 0 bridgehead atoms. The number of nitro benzene ring substituents is 1. The van der Waals surface area contributed by atoms with Gasteiger partial charge >= 0.3 is 5.97 Å². The highest BCUT2D eigenvalue weighted by Crippen LogP contribution is 2.27. The number of carboxylic acid groups (broad SMARTS) is 1. The summed E-state index contributed by atoms with van der Waals surface area (Å²) in [7, 11) is 0. The van der Waals surface area contributed by atoms with Crippen molar-refractivity contribution >= 4 is 11.7 Å². The Hall–Kier alpha value is -1.95. The van der Waals surface area contributed by atoms with Crippen molar-refractivity contribution in [2.45, 2.75) is 26.4 Å². The molecule has 2 N–H and O–H groups in total. The van der Waals surface area contributed by atoms with Crippen LogP contribution in [0.25, 0.3) is 0 Å². The van der Waals surface area contributed by atoms with E-state index in [9.17, 15) is 20.0 Å². The van der Waals surface area contributed by atoms with Crippen molar-refractivity contribution < 1.29 is 19.9 Å². The molecule has 0 aliphatic rings. The molecule has 0 saturated heterocycles. The number of aliphatic hydroxyl groups excluding tert-OH is 1. The summed E-state index contributed by atoms with van der Waals surface area (Å²) in [4.78, 5) is 21.2. The van der Waals surface area contributed by atoms with Crippen molar-refractivity contribution in [3.8, 4) is 0 Å². The quantitative estimate of drug-likeness (QED) is 0.613. The van der Waals surface area contributed by atoms with Gasteiger partial charge in [-0.05, 0) is 13.8 Å². The van der Waals surface area contributed by atoms with Gasteiger partial charge in [0.05, 0.1) is 16.4 Å². The van der Waals surface area contributed by atoms with E-state index in [1.54, 1.807) is 6.07 Å². The zero-order valence-electron chi connectivity index (χ0n) is 10.2. The van der Waals surface area contributed by atoms with Crippen LogP contribution in [0.5, 0.6) is 0 Å². The Balaban J connectivity index is 2.99. The molecule has 1 unspecified atom stereocenters. The lowest BCUT2D eigenvalue weighted by Gasteiger charge is -2.25. The van der Waals surface area contributed by atoms with E-state index in [0.29, 0.717) is 5.56 Å². The Morgan fingerprint density at radius 1 is 1.44 bits per heavy atom. The van der Waals surface area contributed by atoms with Gasteiger partial charge in [0, 0.05) is 18.1 Å². The number of para-hydroxylation sites is 1. The third-order valence-electron chi connectivity index (χ3n) is 2.99. The van der Waals surface area contributed by atoms with Crippen molar-refractivity contribution in [2.75, 3.05) is 0 Å². The number of nitrogens with zero attached hydrogens (tertiary/aromatic N) is 1. The van der Waals surface area contributed by atoms with Gasteiger partial charge in [-0.3, -0.25) is 14.9 Å². The molecule has 0 spiro atoms. The fourth-order valence-electron chi connectivity index (χ4n) is 1.47. The second-order valence-corrected chi connectivity index (χ2v) is 4.63. The molecule has 1 rings (SSSR count). The second kappa shape index (κ2) is 5.14.